The first-order valence-electron chi connectivity index (χ1n) is 6.37. The Balaban J connectivity index is 2.52. The van der Waals surface area contributed by atoms with Crippen molar-refractivity contribution in [2.45, 2.75) is 32.2 Å². The smallest absolute Gasteiger partial charge is 0.127 e. The fraction of sp³-hybridized carbons (Fsp3) is 0.571. The zero-order valence-electron chi connectivity index (χ0n) is 11.0. The second kappa shape index (κ2) is 8.46. The lowest BCUT2D eigenvalue weighted by Crippen LogP contribution is -2.29. The van der Waals surface area contributed by atoms with Gasteiger partial charge in [0.1, 0.15) is 5.82 Å². The van der Waals surface area contributed by atoms with E-state index >= 15 is 0 Å². The summed E-state index contributed by atoms with van der Waals surface area (Å²) in [5.74, 6) is -0.239. The summed E-state index contributed by atoms with van der Waals surface area (Å²) in [7, 11) is 1.87. The Labute approximate surface area is 113 Å². The van der Waals surface area contributed by atoms with E-state index in [-0.39, 0.29) is 11.9 Å². The van der Waals surface area contributed by atoms with Gasteiger partial charge in [0.05, 0.1) is 0 Å². The molecule has 2 nitrogen and oxygen atoms in total. The topological polar surface area (TPSA) is 21.3 Å². The molecule has 0 saturated heterocycles. The van der Waals surface area contributed by atoms with Gasteiger partial charge in [-0.25, -0.2) is 4.39 Å². The van der Waals surface area contributed by atoms with E-state index in [9.17, 15) is 4.39 Å². The third-order valence-electron chi connectivity index (χ3n) is 2.88. The number of halogens is 2. The SMILES string of the molecule is CCCOCCC(Cc1c(F)cccc1Cl)NC. The molecule has 0 aliphatic carbocycles. The van der Waals surface area contributed by atoms with Gasteiger partial charge >= 0.3 is 0 Å². The molecule has 1 aromatic carbocycles. The van der Waals surface area contributed by atoms with Crippen molar-refractivity contribution < 1.29 is 9.13 Å². The Morgan fingerprint density at radius 3 is 2.78 bits per heavy atom. The van der Waals surface area contributed by atoms with E-state index in [1.54, 1.807) is 12.1 Å². The fourth-order valence-corrected chi connectivity index (χ4v) is 2.03. The highest BCUT2D eigenvalue weighted by Crippen LogP contribution is 2.21. The van der Waals surface area contributed by atoms with E-state index in [0.717, 1.165) is 19.4 Å². The molecule has 0 amide bonds. The molecule has 0 bridgehead atoms. The highest BCUT2D eigenvalue weighted by molar-refractivity contribution is 6.31. The first kappa shape index (κ1) is 15.4. The summed E-state index contributed by atoms with van der Waals surface area (Å²) >= 11 is 6.02. The molecular weight excluding hydrogens is 253 g/mol. The molecule has 0 fully saturated rings. The molecule has 4 heteroatoms. The Kier molecular flexibility index (Phi) is 7.25. The molecule has 18 heavy (non-hydrogen) atoms. The maximum absolute atomic E-state index is 13.6. The lowest BCUT2D eigenvalue weighted by Gasteiger charge is -2.17. The minimum Gasteiger partial charge on any atom is -0.381 e. The predicted molar refractivity (Wildman–Crippen MR) is 73.7 cm³/mol. The number of hydrogen-bond acceptors (Lipinski definition) is 2. The number of hydrogen-bond donors (Lipinski definition) is 1. The molecule has 0 radical (unpaired) electrons. The van der Waals surface area contributed by atoms with E-state index < -0.39 is 0 Å². The van der Waals surface area contributed by atoms with Crippen molar-refractivity contribution in [2.24, 2.45) is 0 Å². The van der Waals surface area contributed by atoms with Gasteiger partial charge in [-0.15, -0.1) is 0 Å². The van der Waals surface area contributed by atoms with Crippen molar-refractivity contribution in [1.82, 2.24) is 5.32 Å². The fourth-order valence-electron chi connectivity index (χ4n) is 1.79. The molecule has 1 unspecified atom stereocenters. The summed E-state index contributed by atoms with van der Waals surface area (Å²) in [6.45, 7) is 3.54. The summed E-state index contributed by atoms with van der Waals surface area (Å²) in [6.07, 6.45) is 2.45. The summed E-state index contributed by atoms with van der Waals surface area (Å²) in [5.41, 5.74) is 0.578. The Morgan fingerprint density at radius 2 is 2.17 bits per heavy atom. The lowest BCUT2D eigenvalue weighted by atomic mass is 10.0. The predicted octanol–water partition coefficient (Wildman–Crippen LogP) is 3.43. The van der Waals surface area contributed by atoms with Crippen LogP contribution in [0.3, 0.4) is 0 Å². The number of rotatable bonds is 8. The molecule has 1 rings (SSSR count). The van der Waals surface area contributed by atoms with Crippen molar-refractivity contribution in [3.63, 3.8) is 0 Å². The van der Waals surface area contributed by atoms with Crippen LogP contribution in [0.2, 0.25) is 5.02 Å². The number of likely N-dealkylation sites (N-methyl/N-ethyl adjacent to an activating group) is 1. The second-order valence-corrected chi connectivity index (χ2v) is 4.70. The highest BCUT2D eigenvalue weighted by Gasteiger charge is 2.13. The van der Waals surface area contributed by atoms with Crippen LogP contribution in [0.15, 0.2) is 18.2 Å². The molecule has 0 spiro atoms. The quantitative estimate of drug-likeness (QED) is 0.733. The van der Waals surface area contributed by atoms with Gasteiger partial charge in [-0.3, -0.25) is 0 Å². The van der Waals surface area contributed by atoms with Crippen molar-refractivity contribution in [3.05, 3.63) is 34.6 Å². The zero-order chi connectivity index (χ0) is 13.4. The molecule has 102 valence electrons. The zero-order valence-corrected chi connectivity index (χ0v) is 11.8. The molecule has 0 saturated carbocycles. The van der Waals surface area contributed by atoms with Gasteiger partial charge in [0.15, 0.2) is 0 Å². The standard InChI is InChI=1S/C14H21ClFNO/c1-3-8-18-9-7-11(17-2)10-12-13(15)5-4-6-14(12)16/h4-6,11,17H,3,7-10H2,1-2H3. The van der Waals surface area contributed by atoms with E-state index in [1.807, 2.05) is 7.05 Å². The molecule has 1 atom stereocenters. The molecule has 0 aliphatic heterocycles. The summed E-state index contributed by atoms with van der Waals surface area (Å²) in [5, 5.41) is 3.67. The van der Waals surface area contributed by atoms with Gasteiger partial charge in [0, 0.05) is 29.8 Å². The van der Waals surface area contributed by atoms with E-state index in [1.165, 1.54) is 6.07 Å². The highest BCUT2D eigenvalue weighted by atomic mass is 35.5. The van der Waals surface area contributed by atoms with Crippen LogP contribution in [-0.4, -0.2) is 26.3 Å². The van der Waals surface area contributed by atoms with E-state index in [0.29, 0.717) is 23.6 Å². The van der Waals surface area contributed by atoms with Crippen molar-refractivity contribution in [1.29, 1.82) is 0 Å². The molecule has 0 heterocycles. The molecule has 0 aliphatic rings. The first-order valence-corrected chi connectivity index (χ1v) is 6.74. The number of nitrogens with one attached hydrogen (secondary N) is 1. The van der Waals surface area contributed by atoms with Crippen LogP contribution in [0, 0.1) is 5.82 Å². The van der Waals surface area contributed by atoms with Gasteiger partial charge < -0.3 is 10.1 Å². The van der Waals surface area contributed by atoms with Gasteiger partial charge in [0.25, 0.3) is 0 Å². The van der Waals surface area contributed by atoms with E-state index in [2.05, 4.69) is 12.2 Å². The van der Waals surface area contributed by atoms with Gasteiger partial charge in [0.2, 0.25) is 0 Å². The van der Waals surface area contributed by atoms with Crippen LogP contribution >= 0.6 is 11.6 Å². The number of benzene rings is 1. The summed E-state index contributed by atoms with van der Waals surface area (Å²) in [4.78, 5) is 0. The first-order chi connectivity index (χ1) is 8.69. The van der Waals surface area contributed by atoms with Crippen molar-refractivity contribution in [2.75, 3.05) is 20.3 Å². The Morgan fingerprint density at radius 1 is 1.39 bits per heavy atom. The maximum Gasteiger partial charge on any atom is 0.127 e. The minimum atomic E-state index is -0.239. The average Bonchev–Trinajstić information content (AvgIpc) is 2.36. The van der Waals surface area contributed by atoms with Crippen molar-refractivity contribution >= 4 is 11.6 Å². The van der Waals surface area contributed by atoms with Crippen LogP contribution in [0.1, 0.15) is 25.3 Å². The molecule has 1 aromatic rings. The normalized spacial score (nSPS) is 12.7. The number of ether oxygens (including phenoxy) is 1. The van der Waals surface area contributed by atoms with Gasteiger partial charge in [-0.1, -0.05) is 24.6 Å². The summed E-state index contributed by atoms with van der Waals surface area (Å²) in [6, 6.07) is 4.97. The summed E-state index contributed by atoms with van der Waals surface area (Å²) < 4.78 is 19.1. The Hall–Kier alpha value is -0.640. The second-order valence-electron chi connectivity index (χ2n) is 4.29. The van der Waals surface area contributed by atoms with Gasteiger partial charge in [-0.05, 0) is 38.4 Å². The molecule has 0 aromatic heterocycles. The van der Waals surface area contributed by atoms with Crippen LogP contribution in [0.4, 0.5) is 4.39 Å². The van der Waals surface area contributed by atoms with Crippen LogP contribution < -0.4 is 5.32 Å². The Bertz CT molecular complexity index is 339. The molecular formula is C14H21ClFNO. The largest absolute Gasteiger partial charge is 0.381 e. The maximum atomic E-state index is 13.6. The van der Waals surface area contributed by atoms with Crippen molar-refractivity contribution in [3.8, 4) is 0 Å². The van der Waals surface area contributed by atoms with Gasteiger partial charge in [-0.2, -0.15) is 0 Å². The van der Waals surface area contributed by atoms with Crippen LogP contribution in [0.5, 0.6) is 0 Å². The van der Waals surface area contributed by atoms with Crippen LogP contribution in [0.25, 0.3) is 0 Å². The monoisotopic (exact) mass is 273 g/mol. The third kappa shape index (κ3) is 4.92. The lowest BCUT2D eigenvalue weighted by molar-refractivity contribution is 0.125. The van der Waals surface area contributed by atoms with E-state index in [4.69, 9.17) is 16.3 Å². The average molecular weight is 274 g/mol. The minimum absolute atomic E-state index is 0.177. The van der Waals surface area contributed by atoms with Crippen LogP contribution in [-0.2, 0) is 11.2 Å². The molecule has 1 N–H and O–H groups in total. The third-order valence-corrected chi connectivity index (χ3v) is 3.23.